The summed E-state index contributed by atoms with van der Waals surface area (Å²) >= 11 is 0. The first-order chi connectivity index (χ1) is 12.4. The lowest BCUT2D eigenvalue weighted by molar-refractivity contribution is 0.0218. The summed E-state index contributed by atoms with van der Waals surface area (Å²) in [5.74, 6) is 1.54. The first-order valence-electron chi connectivity index (χ1n) is 8.79. The molecule has 0 aliphatic heterocycles. The average molecular weight is 351 g/mol. The Bertz CT molecular complexity index is 870. The van der Waals surface area contributed by atoms with Gasteiger partial charge in [-0.05, 0) is 47.4 Å². The molecule has 1 atom stereocenters. The van der Waals surface area contributed by atoms with Crippen LogP contribution in [0.5, 0.6) is 11.5 Å². The monoisotopic (exact) mass is 351 g/mol. The van der Waals surface area contributed by atoms with Gasteiger partial charge in [0.25, 0.3) is 0 Å². The van der Waals surface area contributed by atoms with E-state index in [1.165, 1.54) is 0 Å². The van der Waals surface area contributed by atoms with Gasteiger partial charge in [0.05, 0.1) is 11.6 Å². The number of aliphatic hydroxyl groups excluding tert-OH is 1. The Kier molecular flexibility index (Phi) is 5.43. The number of aliphatic hydroxyl groups is 1. The van der Waals surface area contributed by atoms with E-state index < -0.39 is 6.10 Å². The molecule has 136 valence electrons. The third kappa shape index (κ3) is 4.73. The van der Waals surface area contributed by atoms with Crippen molar-refractivity contribution < 1.29 is 14.6 Å². The van der Waals surface area contributed by atoms with Crippen LogP contribution in [0.25, 0.3) is 10.9 Å². The number of rotatable bonds is 6. The number of fused-ring (bicyclic) bond motifs is 1. The molecule has 0 aliphatic rings. The Morgan fingerprint density at radius 2 is 1.77 bits per heavy atom. The van der Waals surface area contributed by atoms with Crippen LogP contribution in [-0.4, -0.2) is 22.8 Å². The highest BCUT2D eigenvalue weighted by atomic mass is 16.5. The maximum absolute atomic E-state index is 10.1. The van der Waals surface area contributed by atoms with Gasteiger partial charge in [0.1, 0.15) is 24.7 Å². The number of pyridine rings is 1. The highest BCUT2D eigenvalue weighted by Gasteiger charge is 2.22. The zero-order chi connectivity index (χ0) is 18.6. The van der Waals surface area contributed by atoms with Crippen LogP contribution in [0.3, 0.4) is 0 Å². The quantitative estimate of drug-likeness (QED) is 0.705. The van der Waals surface area contributed by atoms with Gasteiger partial charge in [0.2, 0.25) is 0 Å². The number of nitrogens with zero attached hydrogens (tertiary/aromatic N) is 1. The van der Waals surface area contributed by atoms with Crippen LogP contribution >= 0.6 is 0 Å². The minimum absolute atomic E-state index is 0.203. The summed E-state index contributed by atoms with van der Waals surface area (Å²) in [7, 11) is 0. The SMILES string of the molecule is CC(C)(C)C(O)COc1cccc(COc2ccc3ncccc3c2)c1. The first kappa shape index (κ1) is 18.2. The zero-order valence-electron chi connectivity index (χ0n) is 15.5. The summed E-state index contributed by atoms with van der Waals surface area (Å²) in [6.45, 7) is 6.69. The van der Waals surface area contributed by atoms with Crippen molar-refractivity contribution in [3.8, 4) is 11.5 Å². The van der Waals surface area contributed by atoms with Crippen molar-refractivity contribution in [2.24, 2.45) is 5.41 Å². The Morgan fingerprint density at radius 1 is 0.962 bits per heavy atom. The lowest BCUT2D eigenvalue weighted by Gasteiger charge is -2.25. The van der Waals surface area contributed by atoms with Gasteiger partial charge < -0.3 is 14.6 Å². The molecular weight excluding hydrogens is 326 g/mol. The van der Waals surface area contributed by atoms with Gasteiger partial charge in [-0.1, -0.05) is 39.0 Å². The van der Waals surface area contributed by atoms with Crippen molar-refractivity contribution in [2.45, 2.75) is 33.5 Å². The Morgan fingerprint density at radius 3 is 2.58 bits per heavy atom. The molecule has 0 fully saturated rings. The third-order valence-corrected chi connectivity index (χ3v) is 4.29. The molecule has 1 heterocycles. The fourth-order valence-corrected chi connectivity index (χ4v) is 2.46. The molecule has 1 N–H and O–H groups in total. The second-order valence-electron chi connectivity index (χ2n) is 7.49. The second-order valence-corrected chi connectivity index (χ2v) is 7.49. The second kappa shape index (κ2) is 7.75. The number of ether oxygens (including phenoxy) is 2. The van der Waals surface area contributed by atoms with Crippen LogP contribution < -0.4 is 9.47 Å². The summed E-state index contributed by atoms with van der Waals surface area (Å²) in [4.78, 5) is 4.31. The number of aromatic nitrogens is 1. The van der Waals surface area contributed by atoms with Crippen molar-refractivity contribution >= 4 is 10.9 Å². The van der Waals surface area contributed by atoms with E-state index in [1.54, 1.807) is 6.20 Å². The third-order valence-electron chi connectivity index (χ3n) is 4.29. The van der Waals surface area contributed by atoms with Crippen molar-refractivity contribution in [3.05, 3.63) is 66.4 Å². The summed E-state index contributed by atoms with van der Waals surface area (Å²) in [6, 6.07) is 17.6. The maximum atomic E-state index is 10.1. The molecule has 4 heteroatoms. The molecule has 0 saturated heterocycles. The average Bonchev–Trinajstić information content (AvgIpc) is 2.64. The van der Waals surface area contributed by atoms with Crippen LogP contribution in [0.4, 0.5) is 0 Å². The summed E-state index contributed by atoms with van der Waals surface area (Å²) < 4.78 is 11.6. The van der Waals surface area contributed by atoms with E-state index in [1.807, 2.05) is 75.4 Å². The van der Waals surface area contributed by atoms with Crippen LogP contribution in [0, 0.1) is 5.41 Å². The van der Waals surface area contributed by atoms with E-state index in [0.717, 1.165) is 28.0 Å². The van der Waals surface area contributed by atoms with Gasteiger partial charge in [-0.25, -0.2) is 0 Å². The lowest BCUT2D eigenvalue weighted by atomic mass is 9.90. The fraction of sp³-hybridized carbons (Fsp3) is 0.318. The molecule has 26 heavy (non-hydrogen) atoms. The minimum atomic E-state index is -0.520. The molecule has 1 aromatic heterocycles. The van der Waals surface area contributed by atoms with Gasteiger partial charge in [-0.15, -0.1) is 0 Å². The number of benzene rings is 2. The van der Waals surface area contributed by atoms with E-state index in [4.69, 9.17) is 9.47 Å². The van der Waals surface area contributed by atoms with E-state index in [-0.39, 0.29) is 12.0 Å². The summed E-state index contributed by atoms with van der Waals surface area (Å²) in [5, 5.41) is 11.2. The molecule has 0 aliphatic carbocycles. The number of hydrogen-bond donors (Lipinski definition) is 1. The minimum Gasteiger partial charge on any atom is -0.491 e. The largest absolute Gasteiger partial charge is 0.491 e. The van der Waals surface area contributed by atoms with Crippen LogP contribution in [0.1, 0.15) is 26.3 Å². The molecule has 0 spiro atoms. The Balaban J connectivity index is 1.61. The maximum Gasteiger partial charge on any atom is 0.120 e. The highest BCUT2D eigenvalue weighted by Crippen LogP contribution is 2.23. The first-order valence-corrected chi connectivity index (χ1v) is 8.79. The normalized spacial score (nSPS) is 12.8. The molecule has 0 bridgehead atoms. The molecular formula is C22H25NO3. The number of hydrogen-bond acceptors (Lipinski definition) is 4. The molecule has 0 amide bonds. The van der Waals surface area contributed by atoms with Crippen molar-refractivity contribution in [2.75, 3.05) is 6.61 Å². The standard InChI is InChI=1S/C22H25NO3/c1-22(2,3)21(24)15-26-18-8-4-6-16(12-18)14-25-19-9-10-20-17(13-19)7-5-11-23-20/h4-13,21,24H,14-15H2,1-3H3. The van der Waals surface area contributed by atoms with Crippen LogP contribution in [0.2, 0.25) is 0 Å². The van der Waals surface area contributed by atoms with Gasteiger partial charge in [0, 0.05) is 11.6 Å². The summed E-state index contributed by atoms with van der Waals surface area (Å²) in [6.07, 6.45) is 1.26. The lowest BCUT2D eigenvalue weighted by Crippen LogP contribution is -2.31. The van der Waals surface area contributed by atoms with Crippen molar-refractivity contribution in [1.29, 1.82) is 0 Å². The Hall–Kier alpha value is -2.59. The smallest absolute Gasteiger partial charge is 0.120 e. The predicted molar refractivity (Wildman–Crippen MR) is 103 cm³/mol. The topological polar surface area (TPSA) is 51.6 Å². The molecule has 3 rings (SSSR count). The van der Waals surface area contributed by atoms with E-state index in [0.29, 0.717) is 6.61 Å². The van der Waals surface area contributed by atoms with E-state index in [9.17, 15) is 5.11 Å². The molecule has 0 radical (unpaired) electrons. The molecule has 0 saturated carbocycles. The highest BCUT2D eigenvalue weighted by molar-refractivity contribution is 5.79. The van der Waals surface area contributed by atoms with Gasteiger partial charge in [-0.3, -0.25) is 4.98 Å². The van der Waals surface area contributed by atoms with E-state index in [2.05, 4.69) is 4.98 Å². The van der Waals surface area contributed by atoms with Crippen LogP contribution in [0.15, 0.2) is 60.8 Å². The van der Waals surface area contributed by atoms with Gasteiger partial charge in [0.15, 0.2) is 0 Å². The summed E-state index contributed by atoms with van der Waals surface area (Å²) in [5.41, 5.74) is 1.76. The van der Waals surface area contributed by atoms with E-state index >= 15 is 0 Å². The fourth-order valence-electron chi connectivity index (χ4n) is 2.46. The molecule has 2 aromatic carbocycles. The molecule has 3 aromatic rings. The van der Waals surface area contributed by atoms with Crippen LogP contribution in [-0.2, 0) is 6.61 Å². The molecule has 4 nitrogen and oxygen atoms in total. The molecule has 1 unspecified atom stereocenters. The van der Waals surface area contributed by atoms with Crippen molar-refractivity contribution in [1.82, 2.24) is 4.98 Å². The zero-order valence-corrected chi connectivity index (χ0v) is 15.5. The van der Waals surface area contributed by atoms with Gasteiger partial charge >= 0.3 is 0 Å². The van der Waals surface area contributed by atoms with Crippen molar-refractivity contribution in [3.63, 3.8) is 0 Å². The van der Waals surface area contributed by atoms with Gasteiger partial charge in [-0.2, -0.15) is 0 Å². The predicted octanol–water partition coefficient (Wildman–Crippen LogP) is 4.60. The Labute approximate surface area is 154 Å².